The number of benzene rings is 1. The zero-order chi connectivity index (χ0) is 15.6. The van der Waals surface area contributed by atoms with Crippen molar-refractivity contribution >= 4 is 23.4 Å². The SMILES string of the molecule is CC1(C)CC(=O)C(C=Nc2cccc([N+](=O)[O-])c2)=C(O)C1. The molecule has 0 spiro atoms. The third kappa shape index (κ3) is 3.53. The number of aliphatic imine (C=N–C) groups is 1. The highest BCUT2D eigenvalue weighted by molar-refractivity contribution is 6.14. The van der Waals surface area contributed by atoms with Crippen molar-refractivity contribution in [3.8, 4) is 0 Å². The van der Waals surface area contributed by atoms with Crippen molar-refractivity contribution in [3.05, 3.63) is 45.7 Å². The standard InChI is InChI=1S/C15H16N2O4/c1-15(2)7-13(18)12(14(19)8-15)9-16-10-4-3-5-11(6-10)17(20)21/h3-6,9,18H,7-8H2,1-2H3. The number of hydrogen-bond donors (Lipinski definition) is 1. The first-order valence-electron chi connectivity index (χ1n) is 6.52. The number of carbonyl (C=O) groups is 1. The van der Waals surface area contributed by atoms with Gasteiger partial charge < -0.3 is 5.11 Å². The maximum absolute atomic E-state index is 12.0. The van der Waals surface area contributed by atoms with Crippen LogP contribution >= 0.6 is 0 Å². The summed E-state index contributed by atoms with van der Waals surface area (Å²) in [6.07, 6.45) is 2.04. The quantitative estimate of drug-likeness (QED) is 0.523. The van der Waals surface area contributed by atoms with E-state index >= 15 is 0 Å². The highest BCUT2D eigenvalue weighted by Gasteiger charge is 2.32. The van der Waals surface area contributed by atoms with E-state index in [1.165, 1.54) is 24.4 Å². The summed E-state index contributed by atoms with van der Waals surface area (Å²) in [7, 11) is 0. The predicted molar refractivity (Wildman–Crippen MR) is 78.9 cm³/mol. The van der Waals surface area contributed by atoms with Crippen LogP contribution in [-0.4, -0.2) is 22.0 Å². The molecular formula is C15H16N2O4. The molecule has 1 aliphatic carbocycles. The van der Waals surface area contributed by atoms with Crippen LogP contribution in [0.1, 0.15) is 26.7 Å². The van der Waals surface area contributed by atoms with Gasteiger partial charge in [-0.1, -0.05) is 19.9 Å². The number of nitrogens with zero attached hydrogens (tertiary/aromatic N) is 2. The Hall–Kier alpha value is -2.50. The molecule has 0 aliphatic heterocycles. The van der Waals surface area contributed by atoms with Gasteiger partial charge in [-0.15, -0.1) is 0 Å². The average molecular weight is 288 g/mol. The first-order chi connectivity index (χ1) is 9.78. The van der Waals surface area contributed by atoms with Gasteiger partial charge in [-0.05, 0) is 11.5 Å². The molecule has 0 saturated heterocycles. The van der Waals surface area contributed by atoms with E-state index in [2.05, 4.69) is 4.99 Å². The number of carbonyl (C=O) groups excluding carboxylic acids is 1. The van der Waals surface area contributed by atoms with Crippen molar-refractivity contribution in [1.82, 2.24) is 0 Å². The lowest BCUT2D eigenvalue weighted by Crippen LogP contribution is -2.26. The molecule has 2 rings (SSSR count). The van der Waals surface area contributed by atoms with Crippen molar-refractivity contribution in [2.45, 2.75) is 26.7 Å². The summed E-state index contributed by atoms with van der Waals surface area (Å²) in [4.78, 5) is 26.2. The molecule has 6 heteroatoms. The van der Waals surface area contributed by atoms with Gasteiger partial charge in [0.05, 0.1) is 16.2 Å². The van der Waals surface area contributed by atoms with Crippen molar-refractivity contribution < 1.29 is 14.8 Å². The first kappa shape index (κ1) is 14.9. The fourth-order valence-electron chi connectivity index (χ4n) is 2.27. The molecule has 1 aromatic carbocycles. The highest BCUT2D eigenvalue weighted by atomic mass is 16.6. The van der Waals surface area contributed by atoms with Gasteiger partial charge >= 0.3 is 0 Å². The van der Waals surface area contributed by atoms with Gasteiger partial charge in [0.2, 0.25) is 0 Å². The molecule has 1 N–H and O–H groups in total. The van der Waals surface area contributed by atoms with Crippen LogP contribution in [0.2, 0.25) is 0 Å². The van der Waals surface area contributed by atoms with Crippen LogP contribution in [0.15, 0.2) is 40.6 Å². The molecule has 1 aromatic rings. The minimum Gasteiger partial charge on any atom is -0.511 e. The van der Waals surface area contributed by atoms with Crippen molar-refractivity contribution in [2.24, 2.45) is 10.4 Å². The topological polar surface area (TPSA) is 92.8 Å². The van der Waals surface area contributed by atoms with Crippen LogP contribution in [0.25, 0.3) is 0 Å². The van der Waals surface area contributed by atoms with Gasteiger partial charge in [-0.25, -0.2) is 0 Å². The summed E-state index contributed by atoms with van der Waals surface area (Å²) < 4.78 is 0. The fraction of sp³-hybridized carbons (Fsp3) is 0.333. The second kappa shape index (κ2) is 5.47. The Morgan fingerprint density at radius 3 is 2.71 bits per heavy atom. The second-order valence-corrected chi connectivity index (χ2v) is 5.84. The molecule has 0 bridgehead atoms. The molecule has 0 aromatic heterocycles. The van der Waals surface area contributed by atoms with E-state index in [0.29, 0.717) is 18.5 Å². The van der Waals surface area contributed by atoms with Crippen LogP contribution in [0.3, 0.4) is 0 Å². The molecule has 0 unspecified atom stereocenters. The van der Waals surface area contributed by atoms with Gasteiger partial charge in [0, 0.05) is 31.2 Å². The zero-order valence-corrected chi connectivity index (χ0v) is 11.9. The maximum Gasteiger partial charge on any atom is 0.271 e. The van der Waals surface area contributed by atoms with Crippen LogP contribution in [0.4, 0.5) is 11.4 Å². The number of hydrogen-bond acceptors (Lipinski definition) is 5. The summed E-state index contributed by atoms with van der Waals surface area (Å²) in [5, 5.41) is 20.6. The lowest BCUT2D eigenvalue weighted by molar-refractivity contribution is -0.384. The summed E-state index contributed by atoms with van der Waals surface area (Å²) in [5.41, 5.74) is 0.214. The molecule has 0 radical (unpaired) electrons. The Balaban J connectivity index is 2.27. The minimum atomic E-state index is -0.510. The summed E-state index contributed by atoms with van der Waals surface area (Å²) >= 11 is 0. The van der Waals surface area contributed by atoms with Gasteiger partial charge in [0.25, 0.3) is 5.69 Å². The van der Waals surface area contributed by atoms with Crippen LogP contribution in [-0.2, 0) is 4.79 Å². The Kier molecular flexibility index (Phi) is 3.88. The number of allylic oxidation sites excluding steroid dienone is 2. The largest absolute Gasteiger partial charge is 0.511 e. The number of ketones is 1. The Labute approximate surface area is 122 Å². The fourth-order valence-corrected chi connectivity index (χ4v) is 2.27. The molecular weight excluding hydrogens is 272 g/mol. The third-order valence-electron chi connectivity index (χ3n) is 3.28. The molecule has 21 heavy (non-hydrogen) atoms. The van der Waals surface area contributed by atoms with Crippen molar-refractivity contribution in [1.29, 1.82) is 0 Å². The molecule has 6 nitrogen and oxygen atoms in total. The van der Waals surface area contributed by atoms with E-state index < -0.39 is 4.92 Å². The smallest absolute Gasteiger partial charge is 0.271 e. The highest BCUT2D eigenvalue weighted by Crippen LogP contribution is 2.35. The summed E-state index contributed by atoms with van der Waals surface area (Å²) in [5.74, 6) is -0.150. The molecule has 110 valence electrons. The summed E-state index contributed by atoms with van der Waals surface area (Å²) in [6, 6.07) is 5.79. The molecule has 0 heterocycles. The molecule has 0 fully saturated rings. The normalized spacial score (nSPS) is 18.3. The average Bonchev–Trinajstić information content (AvgIpc) is 2.36. The maximum atomic E-state index is 12.0. The lowest BCUT2D eigenvalue weighted by Gasteiger charge is -2.28. The Morgan fingerprint density at radius 2 is 2.10 bits per heavy atom. The number of rotatable bonds is 3. The van der Waals surface area contributed by atoms with E-state index in [1.807, 2.05) is 13.8 Å². The van der Waals surface area contributed by atoms with Crippen molar-refractivity contribution in [3.63, 3.8) is 0 Å². The summed E-state index contributed by atoms with van der Waals surface area (Å²) in [6.45, 7) is 3.82. The number of non-ortho nitro benzene ring substituents is 1. The Morgan fingerprint density at radius 1 is 1.38 bits per heavy atom. The molecule has 0 amide bonds. The number of aliphatic hydroxyl groups excluding tert-OH is 1. The monoisotopic (exact) mass is 288 g/mol. The molecule has 0 saturated carbocycles. The van der Waals surface area contributed by atoms with Crippen molar-refractivity contribution in [2.75, 3.05) is 0 Å². The van der Waals surface area contributed by atoms with Gasteiger partial charge in [0.15, 0.2) is 5.78 Å². The van der Waals surface area contributed by atoms with Crippen LogP contribution < -0.4 is 0 Å². The van der Waals surface area contributed by atoms with Gasteiger partial charge in [-0.2, -0.15) is 0 Å². The second-order valence-electron chi connectivity index (χ2n) is 5.84. The first-order valence-corrected chi connectivity index (χ1v) is 6.52. The molecule has 1 aliphatic rings. The minimum absolute atomic E-state index is 0.0189. The van der Waals surface area contributed by atoms with Gasteiger partial charge in [-0.3, -0.25) is 19.9 Å². The van der Waals surface area contributed by atoms with E-state index in [9.17, 15) is 20.0 Å². The molecule has 0 atom stereocenters. The van der Waals surface area contributed by atoms with E-state index in [0.717, 1.165) is 0 Å². The van der Waals surface area contributed by atoms with E-state index in [-0.39, 0.29) is 28.2 Å². The van der Waals surface area contributed by atoms with Gasteiger partial charge in [0.1, 0.15) is 5.76 Å². The van der Waals surface area contributed by atoms with E-state index in [1.54, 1.807) is 6.07 Å². The number of aliphatic hydroxyl groups is 1. The zero-order valence-electron chi connectivity index (χ0n) is 11.9. The Bertz CT molecular complexity index is 659. The van der Waals surface area contributed by atoms with Crippen LogP contribution in [0.5, 0.6) is 0 Å². The number of Topliss-reactive ketones (excluding diaryl/α,β-unsaturated/α-hetero) is 1. The third-order valence-corrected chi connectivity index (χ3v) is 3.28. The van der Waals surface area contributed by atoms with Crippen LogP contribution in [0, 0.1) is 15.5 Å². The number of nitro groups is 1. The number of nitro benzene ring substituents is 1. The van der Waals surface area contributed by atoms with E-state index in [4.69, 9.17) is 0 Å². The lowest BCUT2D eigenvalue weighted by atomic mass is 9.77. The predicted octanol–water partition coefficient (Wildman–Crippen LogP) is 3.50.